The number of rotatable bonds is 6. The van der Waals surface area contributed by atoms with Gasteiger partial charge in [0.05, 0.1) is 7.11 Å². The Hall–Kier alpha value is -3.93. The van der Waals surface area contributed by atoms with Gasteiger partial charge in [-0.15, -0.1) is 0 Å². The zero-order valence-corrected chi connectivity index (χ0v) is 15.2. The predicted octanol–water partition coefficient (Wildman–Crippen LogP) is 5.08. The van der Waals surface area contributed by atoms with Crippen molar-refractivity contribution < 1.29 is 9.47 Å². The molecule has 0 spiro atoms. The summed E-state index contributed by atoms with van der Waals surface area (Å²) in [6, 6.07) is 22.8. The first-order valence-corrected chi connectivity index (χ1v) is 8.73. The van der Waals surface area contributed by atoms with Gasteiger partial charge in [-0.05, 0) is 48.5 Å². The van der Waals surface area contributed by atoms with Gasteiger partial charge in [0.25, 0.3) is 0 Å². The number of aromatic nitrogens is 3. The van der Waals surface area contributed by atoms with E-state index in [1.807, 2.05) is 66.7 Å². The molecule has 4 aromatic rings. The molecule has 0 fully saturated rings. The highest BCUT2D eigenvalue weighted by atomic mass is 16.5. The van der Waals surface area contributed by atoms with E-state index in [9.17, 15) is 0 Å². The lowest BCUT2D eigenvalue weighted by molar-refractivity contribution is 0.398. The molecule has 2 aromatic heterocycles. The molecule has 0 saturated heterocycles. The van der Waals surface area contributed by atoms with Gasteiger partial charge < -0.3 is 14.8 Å². The second-order valence-electron chi connectivity index (χ2n) is 5.92. The Morgan fingerprint density at radius 1 is 0.786 bits per heavy atom. The monoisotopic (exact) mass is 370 g/mol. The first-order chi connectivity index (χ1) is 13.8. The molecular weight excluding hydrogens is 352 g/mol. The van der Waals surface area contributed by atoms with E-state index in [-0.39, 0.29) is 0 Å². The van der Waals surface area contributed by atoms with Crippen LogP contribution in [0.3, 0.4) is 0 Å². The third-order valence-electron chi connectivity index (χ3n) is 3.96. The van der Waals surface area contributed by atoms with E-state index >= 15 is 0 Å². The van der Waals surface area contributed by atoms with Crippen LogP contribution in [0.25, 0.3) is 11.4 Å². The van der Waals surface area contributed by atoms with Crippen molar-refractivity contribution in [3.8, 4) is 28.8 Å². The molecule has 0 aliphatic heterocycles. The summed E-state index contributed by atoms with van der Waals surface area (Å²) in [5.41, 5.74) is 1.72. The van der Waals surface area contributed by atoms with Crippen LogP contribution >= 0.6 is 0 Å². The third kappa shape index (κ3) is 4.24. The summed E-state index contributed by atoms with van der Waals surface area (Å²) < 4.78 is 10.9. The second kappa shape index (κ2) is 8.18. The van der Waals surface area contributed by atoms with Gasteiger partial charge in [0.2, 0.25) is 5.88 Å². The molecule has 0 aliphatic rings. The fourth-order valence-corrected chi connectivity index (χ4v) is 2.58. The molecule has 4 rings (SSSR count). The van der Waals surface area contributed by atoms with Crippen LogP contribution in [-0.2, 0) is 0 Å². The molecule has 0 radical (unpaired) electrons. The Bertz CT molecular complexity index is 1040. The number of ether oxygens (including phenoxy) is 2. The minimum absolute atomic E-state index is 0.552. The average Bonchev–Trinajstić information content (AvgIpc) is 2.76. The fraction of sp³-hybridized carbons (Fsp3) is 0.0455. The molecule has 0 saturated carbocycles. The lowest BCUT2D eigenvalue weighted by Crippen LogP contribution is -1.97. The number of anilines is 2. The Morgan fingerprint density at radius 3 is 2.29 bits per heavy atom. The Balaban J connectivity index is 1.46. The quantitative estimate of drug-likeness (QED) is 0.510. The van der Waals surface area contributed by atoms with Gasteiger partial charge in [0.15, 0.2) is 5.82 Å². The highest BCUT2D eigenvalue weighted by Gasteiger charge is 2.05. The second-order valence-corrected chi connectivity index (χ2v) is 5.92. The number of nitrogens with zero attached hydrogens (tertiary/aromatic N) is 3. The van der Waals surface area contributed by atoms with Crippen LogP contribution < -0.4 is 14.8 Å². The molecule has 0 aliphatic carbocycles. The molecule has 138 valence electrons. The van der Waals surface area contributed by atoms with Crippen LogP contribution in [0.15, 0.2) is 85.2 Å². The summed E-state index contributed by atoms with van der Waals surface area (Å²) in [6.07, 6.45) is 3.40. The Labute approximate surface area is 162 Å². The lowest BCUT2D eigenvalue weighted by atomic mass is 10.2. The van der Waals surface area contributed by atoms with Gasteiger partial charge in [-0.3, -0.25) is 0 Å². The number of para-hydroxylation sites is 1. The zero-order chi connectivity index (χ0) is 19.2. The molecule has 1 N–H and O–H groups in total. The Morgan fingerprint density at radius 2 is 1.57 bits per heavy atom. The largest absolute Gasteiger partial charge is 0.481 e. The van der Waals surface area contributed by atoms with E-state index in [0.29, 0.717) is 17.5 Å². The lowest BCUT2D eigenvalue weighted by Gasteiger charge is -2.09. The van der Waals surface area contributed by atoms with Crippen LogP contribution in [0.4, 0.5) is 11.5 Å². The molecule has 6 nitrogen and oxygen atoms in total. The maximum absolute atomic E-state index is 5.81. The number of hydrogen-bond acceptors (Lipinski definition) is 6. The van der Waals surface area contributed by atoms with Crippen molar-refractivity contribution in [3.05, 3.63) is 85.2 Å². The highest BCUT2D eigenvalue weighted by Crippen LogP contribution is 2.24. The van der Waals surface area contributed by atoms with Gasteiger partial charge in [0, 0.05) is 29.7 Å². The maximum atomic E-state index is 5.81. The van der Waals surface area contributed by atoms with Gasteiger partial charge in [-0.2, -0.15) is 0 Å². The molecule has 0 atom stereocenters. The summed E-state index contributed by atoms with van der Waals surface area (Å²) in [4.78, 5) is 13.1. The number of nitrogens with one attached hydrogen (secondary N) is 1. The third-order valence-corrected chi connectivity index (χ3v) is 3.96. The molecule has 0 bridgehead atoms. The van der Waals surface area contributed by atoms with Crippen molar-refractivity contribution in [2.45, 2.75) is 0 Å². The van der Waals surface area contributed by atoms with Crippen molar-refractivity contribution in [1.82, 2.24) is 15.0 Å². The first kappa shape index (κ1) is 17.5. The van der Waals surface area contributed by atoms with E-state index in [1.165, 1.54) is 0 Å². The predicted molar refractivity (Wildman–Crippen MR) is 108 cm³/mol. The summed E-state index contributed by atoms with van der Waals surface area (Å²) in [6.45, 7) is 0. The van der Waals surface area contributed by atoms with E-state index < -0.39 is 0 Å². The fourth-order valence-electron chi connectivity index (χ4n) is 2.58. The van der Waals surface area contributed by atoms with Crippen LogP contribution in [0.5, 0.6) is 17.4 Å². The summed E-state index contributed by atoms with van der Waals surface area (Å²) >= 11 is 0. The van der Waals surface area contributed by atoms with Crippen LogP contribution in [-0.4, -0.2) is 22.1 Å². The van der Waals surface area contributed by atoms with Gasteiger partial charge in [-0.25, -0.2) is 15.0 Å². The van der Waals surface area contributed by atoms with Crippen molar-refractivity contribution in [2.24, 2.45) is 0 Å². The molecule has 0 amide bonds. The van der Waals surface area contributed by atoms with Crippen molar-refractivity contribution in [2.75, 3.05) is 12.4 Å². The van der Waals surface area contributed by atoms with E-state index in [0.717, 1.165) is 22.7 Å². The van der Waals surface area contributed by atoms with Crippen molar-refractivity contribution >= 4 is 11.5 Å². The standard InChI is InChI=1S/C22H18N4O2/c1-27-21-12-7-16(15-24-21)22-23-14-13-20(26-22)25-17-8-10-19(11-9-17)28-18-5-3-2-4-6-18/h2-15H,1H3,(H,23,25,26). The minimum Gasteiger partial charge on any atom is -0.481 e. The average molecular weight is 370 g/mol. The molecule has 2 heterocycles. The summed E-state index contributed by atoms with van der Waals surface area (Å²) in [5, 5.41) is 3.28. The molecule has 0 unspecified atom stereocenters. The highest BCUT2D eigenvalue weighted by molar-refractivity contribution is 5.61. The van der Waals surface area contributed by atoms with Crippen LogP contribution in [0, 0.1) is 0 Å². The number of pyridine rings is 1. The molecule has 6 heteroatoms. The molecule has 2 aromatic carbocycles. The van der Waals surface area contributed by atoms with E-state index in [1.54, 1.807) is 25.6 Å². The van der Waals surface area contributed by atoms with Crippen molar-refractivity contribution in [3.63, 3.8) is 0 Å². The zero-order valence-electron chi connectivity index (χ0n) is 15.2. The normalized spacial score (nSPS) is 10.3. The smallest absolute Gasteiger partial charge is 0.212 e. The Kier molecular flexibility index (Phi) is 5.11. The van der Waals surface area contributed by atoms with E-state index in [2.05, 4.69) is 20.3 Å². The number of hydrogen-bond donors (Lipinski definition) is 1. The molecular formula is C22H18N4O2. The summed E-state index contributed by atoms with van der Waals surface area (Å²) in [5.74, 6) is 3.40. The number of benzene rings is 2. The van der Waals surface area contributed by atoms with Crippen LogP contribution in [0.2, 0.25) is 0 Å². The maximum Gasteiger partial charge on any atom is 0.212 e. The van der Waals surface area contributed by atoms with Crippen molar-refractivity contribution in [1.29, 1.82) is 0 Å². The van der Waals surface area contributed by atoms with Gasteiger partial charge in [-0.1, -0.05) is 18.2 Å². The minimum atomic E-state index is 0.552. The van der Waals surface area contributed by atoms with Gasteiger partial charge in [0.1, 0.15) is 17.3 Å². The first-order valence-electron chi connectivity index (χ1n) is 8.73. The van der Waals surface area contributed by atoms with Crippen LogP contribution in [0.1, 0.15) is 0 Å². The topological polar surface area (TPSA) is 69.2 Å². The molecule has 28 heavy (non-hydrogen) atoms. The summed E-state index contributed by atoms with van der Waals surface area (Å²) in [7, 11) is 1.58. The van der Waals surface area contributed by atoms with Gasteiger partial charge >= 0.3 is 0 Å². The van der Waals surface area contributed by atoms with E-state index in [4.69, 9.17) is 9.47 Å². The SMILES string of the molecule is COc1ccc(-c2nccc(Nc3ccc(Oc4ccccc4)cc3)n2)cn1. The number of methoxy groups -OCH3 is 1.